The number of hydrogen-bond acceptors (Lipinski definition) is 7. The zero-order valence-electron chi connectivity index (χ0n) is 18.5. The van der Waals surface area contributed by atoms with E-state index in [2.05, 4.69) is 26.6 Å². The Hall–Kier alpha value is -4.38. The summed E-state index contributed by atoms with van der Waals surface area (Å²) in [6, 6.07) is 16.8. The molecule has 0 unspecified atom stereocenters. The third-order valence-corrected chi connectivity index (χ3v) is 4.92. The summed E-state index contributed by atoms with van der Waals surface area (Å²) in [5.41, 5.74) is 5.14. The Morgan fingerprint density at radius 3 is 2.82 bits per heavy atom. The van der Waals surface area contributed by atoms with E-state index in [-0.39, 0.29) is 11.9 Å². The van der Waals surface area contributed by atoms with Crippen molar-refractivity contribution in [2.24, 2.45) is 0 Å². The summed E-state index contributed by atoms with van der Waals surface area (Å²) in [6.07, 6.45) is 1.52. The number of aromatic nitrogens is 3. The zero-order chi connectivity index (χ0) is 23.4. The van der Waals surface area contributed by atoms with Crippen LogP contribution in [-0.2, 0) is 11.3 Å². The summed E-state index contributed by atoms with van der Waals surface area (Å²) in [7, 11) is 0. The number of carbonyl (C=O) groups excluding carboxylic acids is 1. The SMILES string of the molecule is Cc1cc(C#N)ccc1-c1ccnc(NCc2cc(-c3ccc(C(=O)OC(C)C)o3)n[nH]2)c1. The molecule has 8 heteroatoms. The first-order valence-corrected chi connectivity index (χ1v) is 10.5. The predicted molar refractivity (Wildman–Crippen MR) is 123 cm³/mol. The average molecular weight is 441 g/mol. The first-order valence-electron chi connectivity index (χ1n) is 10.5. The monoisotopic (exact) mass is 441 g/mol. The minimum atomic E-state index is -0.503. The van der Waals surface area contributed by atoms with Gasteiger partial charge in [0.25, 0.3) is 0 Å². The van der Waals surface area contributed by atoms with Gasteiger partial charge in [0.15, 0.2) is 5.76 Å². The fraction of sp³-hybridized carbons (Fsp3) is 0.200. The first-order chi connectivity index (χ1) is 15.9. The normalized spacial score (nSPS) is 10.8. The number of pyridine rings is 1. The van der Waals surface area contributed by atoms with E-state index in [0.717, 1.165) is 22.4 Å². The van der Waals surface area contributed by atoms with Gasteiger partial charge in [-0.05, 0) is 79.9 Å². The van der Waals surface area contributed by atoms with Crippen molar-refractivity contribution in [3.8, 4) is 28.7 Å². The van der Waals surface area contributed by atoms with Crippen LogP contribution < -0.4 is 5.32 Å². The number of carbonyl (C=O) groups is 1. The van der Waals surface area contributed by atoms with E-state index in [1.165, 1.54) is 0 Å². The maximum atomic E-state index is 12.0. The highest BCUT2D eigenvalue weighted by Gasteiger charge is 2.16. The van der Waals surface area contributed by atoms with E-state index in [9.17, 15) is 4.79 Å². The van der Waals surface area contributed by atoms with Crippen molar-refractivity contribution in [1.29, 1.82) is 5.26 Å². The van der Waals surface area contributed by atoms with Gasteiger partial charge in [0.05, 0.1) is 30.0 Å². The molecule has 0 amide bonds. The highest BCUT2D eigenvalue weighted by atomic mass is 16.6. The van der Waals surface area contributed by atoms with Crippen molar-refractivity contribution < 1.29 is 13.9 Å². The number of rotatable bonds is 7. The first kappa shape index (κ1) is 21.8. The molecule has 1 aromatic carbocycles. The van der Waals surface area contributed by atoms with Gasteiger partial charge in [-0.2, -0.15) is 10.4 Å². The lowest BCUT2D eigenvalue weighted by atomic mass is 9.99. The molecular weight excluding hydrogens is 418 g/mol. The van der Waals surface area contributed by atoms with Crippen LogP contribution in [0.4, 0.5) is 5.82 Å². The Kier molecular flexibility index (Phi) is 6.22. The lowest BCUT2D eigenvalue weighted by molar-refractivity contribution is 0.0342. The van der Waals surface area contributed by atoms with Crippen LogP contribution in [-0.4, -0.2) is 27.3 Å². The number of nitriles is 1. The molecule has 0 atom stereocenters. The van der Waals surface area contributed by atoms with Gasteiger partial charge in [0.2, 0.25) is 5.76 Å². The molecule has 0 spiro atoms. The number of ether oxygens (including phenoxy) is 1. The minimum absolute atomic E-state index is 0.139. The van der Waals surface area contributed by atoms with Crippen molar-refractivity contribution in [2.75, 3.05) is 5.32 Å². The molecule has 0 radical (unpaired) electrons. The molecule has 0 aliphatic carbocycles. The molecule has 0 fully saturated rings. The number of aryl methyl sites for hydroxylation is 1. The predicted octanol–water partition coefficient (Wildman–Crippen LogP) is 5.09. The molecular formula is C25H23N5O3. The molecule has 8 nitrogen and oxygen atoms in total. The number of benzene rings is 1. The summed E-state index contributed by atoms with van der Waals surface area (Å²) < 4.78 is 10.7. The van der Waals surface area contributed by atoms with Gasteiger partial charge < -0.3 is 14.5 Å². The average Bonchev–Trinajstić information content (AvgIpc) is 3.47. The van der Waals surface area contributed by atoms with Crippen molar-refractivity contribution in [2.45, 2.75) is 33.4 Å². The third-order valence-electron chi connectivity index (χ3n) is 4.92. The molecule has 0 aliphatic heterocycles. The van der Waals surface area contributed by atoms with Crippen LogP contribution in [0.15, 0.2) is 59.1 Å². The number of hydrogen-bond donors (Lipinski definition) is 2. The van der Waals surface area contributed by atoms with Gasteiger partial charge in [0, 0.05) is 6.20 Å². The van der Waals surface area contributed by atoms with E-state index < -0.39 is 5.97 Å². The van der Waals surface area contributed by atoms with Crippen LogP contribution in [0.1, 0.15) is 41.2 Å². The van der Waals surface area contributed by atoms with E-state index in [4.69, 9.17) is 14.4 Å². The summed E-state index contributed by atoms with van der Waals surface area (Å²) in [5, 5.41) is 19.6. The van der Waals surface area contributed by atoms with Crippen LogP contribution in [0.25, 0.3) is 22.6 Å². The molecule has 4 rings (SSSR count). The van der Waals surface area contributed by atoms with E-state index >= 15 is 0 Å². The number of nitrogens with one attached hydrogen (secondary N) is 2. The number of esters is 1. The van der Waals surface area contributed by atoms with E-state index in [1.54, 1.807) is 32.2 Å². The Labute approximate surface area is 191 Å². The van der Waals surface area contributed by atoms with E-state index in [1.807, 2.05) is 43.3 Å². The quantitative estimate of drug-likeness (QED) is 0.384. The molecule has 0 saturated carbocycles. The molecule has 33 heavy (non-hydrogen) atoms. The van der Waals surface area contributed by atoms with Gasteiger partial charge in [-0.25, -0.2) is 9.78 Å². The molecule has 2 N–H and O–H groups in total. The largest absolute Gasteiger partial charge is 0.457 e. The molecule has 3 aromatic heterocycles. The molecule has 0 aliphatic rings. The molecule has 4 aromatic rings. The molecule has 166 valence electrons. The number of H-pyrrole nitrogens is 1. The number of nitrogens with zero attached hydrogens (tertiary/aromatic N) is 3. The highest BCUT2D eigenvalue weighted by molar-refractivity contribution is 5.87. The zero-order valence-corrected chi connectivity index (χ0v) is 18.5. The van der Waals surface area contributed by atoms with Gasteiger partial charge >= 0.3 is 5.97 Å². The fourth-order valence-electron chi connectivity index (χ4n) is 3.37. The topological polar surface area (TPSA) is 117 Å². The Balaban J connectivity index is 1.43. The molecule has 0 saturated heterocycles. The Morgan fingerprint density at radius 1 is 1.21 bits per heavy atom. The second-order valence-electron chi connectivity index (χ2n) is 7.82. The number of aromatic amines is 1. The summed E-state index contributed by atoms with van der Waals surface area (Å²) in [5.74, 6) is 0.825. The Bertz CT molecular complexity index is 1330. The van der Waals surface area contributed by atoms with Crippen LogP contribution in [0, 0.1) is 18.3 Å². The summed E-state index contributed by atoms with van der Waals surface area (Å²) in [6.45, 7) is 6.02. The van der Waals surface area contributed by atoms with Crippen LogP contribution >= 0.6 is 0 Å². The Morgan fingerprint density at radius 2 is 2.06 bits per heavy atom. The highest BCUT2D eigenvalue weighted by Crippen LogP contribution is 2.26. The van der Waals surface area contributed by atoms with Gasteiger partial charge in [0.1, 0.15) is 11.5 Å². The van der Waals surface area contributed by atoms with Gasteiger partial charge in [-0.1, -0.05) is 6.07 Å². The van der Waals surface area contributed by atoms with Crippen molar-refractivity contribution in [3.63, 3.8) is 0 Å². The van der Waals surface area contributed by atoms with Crippen molar-refractivity contribution in [3.05, 3.63) is 77.3 Å². The number of anilines is 1. The van der Waals surface area contributed by atoms with Crippen LogP contribution in [0.3, 0.4) is 0 Å². The second-order valence-corrected chi connectivity index (χ2v) is 7.82. The van der Waals surface area contributed by atoms with Crippen LogP contribution in [0.5, 0.6) is 0 Å². The van der Waals surface area contributed by atoms with Gasteiger partial charge in [-0.15, -0.1) is 0 Å². The fourth-order valence-corrected chi connectivity index (χ4v) is 3.37. The minimum Gasteiger partial charge on any atom is -0.457 e. The standard InChI is InChI=1S/C25H23N5O3/c1-15(2)32-25(31)23-7-6-22(33-23)21-12-19(29-30-21)14-28-24-11-18(8-9-27-24)20-5-4-17(13-26)10-16(20)3/h4-12,15H,14H2,1-3H3,(H,27,28)(H,29,30). The van der Waals surface area contributed by atoms with Gasteiger partial charge in [-0.3, -0.25) is 5.10 Å². The maximum Gasteiger partial charge on any atom is 0.374 e. The summed E-state index contributed by atoms with van der Waals surface area (Å²) in [4.78, 5) is 16.4. The maximum absolute atomic E-state index is 12.0. The number of furan rings is 1. The second kappa shape index (κ2) is 9.40. The molecule has 3 heterocycles. The van der Waals surface area contributed by atoms with Crippen molar-refractivity contribution >= 4 is 11.8 Å². The van der Waals surface area contributed by atoms with Crippen molar-refractivity contribution in [1.82, 2.24) is 15.2 Å². The third kappa shape index (κ3) is 5.10. The lowest BCUT2D eigenvalue weighted by Crippen LogP contribution is -2.10. The smallest absolute Gasteiger partial charge is 0.374 e. The molecule has 0 bridgehead atoms. The lowest BCUT2D eigenvalue weighted by Gasteiger charge is -2.09. The van der Waals surface area contributed by atoms with E-state index in [0.29, 0.717) is 29.4 Å². The van der Waals surface area contributed by atoms with Crippen LogP contribution in [0.2, 0.25) is 0 Å². The summed E-state index contributed by atoms with van der Waals surface area (Å²) >= 11 is 0.